The second-order valence-electron chi connectivity index (χ2n) is 10.9. The van der Waals surface area contributed by atoms with Gasteiger partial charge in [0.05, 0.1) is 23.3 Å². The average molecular weight is 671 g/mol. The van der Waals surface area contributed by atoms with Crippen LogP contribution >= 0.6 is 23.1 Å². The van der Waals surface area contributed by atoms with Gasteiger partial charge in [0.1, 0.15) is 17.1 Å². The number of carbonyl (C=O) groups is 4. The first-order valence-electron chi connectivity index (χ1n) is 14.3. The number of fused-ring (bicyclic) bond motifs is 1. The maximum absolute atomic E-state index is 13.3. The number of allylic oxidation sites excluding steroid dienone is 1. The van der Waals surface area contributed by atoms with Gasteiger partial charge in [-0.2, -0.15) is 5.26 Å². The second-order valence-corrected chi connectivity index (χ2v) is 12.9. The lowest BCUT2D eigenvalue weighted by molar-refractivity contribution is -0.688. The summed E-state index contributed by atoms with van der Waals surface area (Å²) in [5, 5.41) is 36.9. The van der Waals surface area contributed by atoms with Gasteiger partial charge in [-0.3, -0.25) is 19.3 Å². The van der Waals surface area contributed by atoms with Gasteiger partial charge in [0.15, 0.2) is 29.8 Å². The van der Waals surface area contributed by atoms with Crippen molar-refractivity contribution in [2.75, 3.05) is 18.0 Å². The topological polar surface area (TPSA) is 209 Å². The van der Waals surface area contributed by atoms with Crippen LogP contribution in [0.3, 0.4) is 0 Å². The van der Waals surface area contributed by atoms with Gasteiger partial charge >= 0.3 is 0 Å². The zero-order valence-electron chi connectivity index (χ0n) is 24.5. The summed E-state index contributed by atoms with van der Waals surface area (Å²) >= 11 is 2.26. The Kier molecular flexibility index (Phi) is 8.74. The number of hydrogen-bond donors (Lipinski definition) is 3. The Morgan fingerprint density at radius 2 is 1.96 bits per heavy atom. The van der Waals surface area contributed by atoms with E-state index in [-0.39, 0.29) is 33.8 Å². The number of rotatable bonds is 9. The van der Waals surface area contributed by atoms with E-state index in [0.717, 1.165) is 27.4 Å². The standard InChI is InChI=1S/C31H26N8O6S2/c32-12-17-1-3-18(4-2-17)13-37-8-5-19(6-9-37)14-38-10-7-20(27(38)41)11-21-15-46-29-24(28(42)39(29)25(21)30(43)44)35-26(40)23(36-45)22-16-47-31(33)34-22/h1-6,8-9,11,16,24,29H,7,10,13-15H2,(H4-,33,34,35,40,43,44,45)/t24-,29-/m1/s1. The SMILES string of the molecule is N#Cc1ccc(C[n+]2ccc(CN3CCC(=CC4=C(C(=O)[O-])N5C(=O)[C@@H](NC(=O)/C(=N\O)c6csc(N)n6)[C@H]5SC4)C3=O)cc2)cc1. The Bertz CT molecular complexity index is 1910. The van der Waals surface area contributed by atoms with Crippen LogP contribution in [0.15, 0.2) is 82.2 Å². The molecule has 3 aliphatic rings. The van der Waals surface area contributed by atoms with Gasteiger partial charge in [0.25, 0.3) is 11.8 Å². The molecule has 3 amide bonds. The molecule has 4 N–H and O–H groups in total. The molecule has 5 heterocycles. The van der Waals surface area contributed by atoms with Gasteiger partial charge in [-0.1, -0.05) is 17.3 Å². The lowest BCUT2D eigenvalue weighted by Crippen LogP contribution is -2.71. The first-order valence-corrected chi connectivity index (χ1v) is 16.2. The van der Waals surface area contributed by atoms with Gasteiger partial charge < -0.3 is 31.1 Å². The number of aromatic nitrogens is 2. The van der Waals surface area contributed by atoms with Crippen molar-refractivity contribution < 1.29 is 34.1 Å². The van der Waals surface area contributed by atoms with Gasteiger partial charge in [0.2, 0.25) is 5.91 Å². The molecule has 47 heavy (non-hydrogen) atoms. The number of pyridine rings is 1. The number of nitrogen functional groups attached to an aromatic ring is 1. The summed E-state index contributed by atoms with van der Waals surface area (Å²) in [6.07, 6.45) is 5.77. The Hall–Kier alpha value is -5.53. The molecule has 0 saturated carbocycles. The number of β-lactam (4-membered cyclic amide) rings is 1. The molecule has 2 atom stereocenters. The monoisotopic (exact) mass is 670 g/mol. The summed E-state index contributed by atoms with van der Waals surface area (Å²) in [4.78, 5) is 58.0. The van der Waals surface area contributed by atoms with Crippen LogP contribution in [0.1, 0.15) is 28.8 Å². The van der Waals surface area contributed by atoms with E-state index < -0.39 is 34.9 Å². The maximum atomic E-state index is 13.3. The number of carbonyl (C=O) groups excluding carboxylic acids is 4. The van der Waals surface area contributed by atoms with Gasteiger partial charge in [-0.25, -0.2) is 9.55 Å². The van der Waals surface area contributed by atoms with Crippen LogP contribution < -0.4 is 20.7 Å². The van der Waals surface area contributed by atoms with Crippen molar-refractivity contribution in [1.82, 2.24) is 20.1 Å². The maximum Gasteiger partial charge on any atom is 0.276 e. The smallest absolute Gasteiger partial charge is 0.276 e. The molecule has 238 valence electrons. The third kappa shape index (κ3) is 6.30. The second kappa shape index (κ2) is 13.1. The van der Waals surface area contributed by atoms with E-state index in [9.17, 15) is 29.5 Å². The molecule has 6 rings (SSSR count). The molecular formula is C31H26N8O6S2. The number of thiazole rings is 1. The summed E-state index contributed by atoms with van der Waals surface area (Å²) in [5.41, 5.74) is 8.11. The number of nitriles is 1. The number of nitrogens with one attached hydrogen (secondary N) is 1. The summed E-state index contributed by atoms with van der Waals surface area (Å²) in [6, 6.07) is 12.2. The molecular weight excluding hydrogens is 645 g/mol. The van der Waals surface area contributed by atoms with Crippen molar-refractivity contribution >= 4 is 57.6 Å². The van der Waals surface area contributed by atoms with Crippen LogP contribution in [0, 0.1) is 11.3 Å². The average Bonchev–Trinajstić information content (AvgIpc) is 3.65. The molecule has 3 aromatic rings. The van der Waals surface area contributed by atoms with Crippen LogP contribution in [0.5, 0.6) is 0 Å². The van der Waals surface area contributed by atoms with Crippen molar-refractivity contribution in [2.24, 2.45) is 5.16 Å². The van der Waals surface area contributed by atoms with Crippen molar-refractivity contribution in [3.63, 3.8) is 0 Å². The number of thioether (sulfide) groups is 1. The lowest BCUT2D eigenvalue weighted by Gasteiger charge is -2.50. The number of carboxylic acids is 1. The number of hydrogen-bond acceptors (Lipinski definition) is 12. The lowest BCUT2D eigenvalue weighted by atomic mass is 10.0. The zero-order chi connectivity index (χ0) is 33.2. The number of oxime groups is 1. The van der Waals surface area contributed by atoms with E-state index in [1.807, 2.05) is 41.2 Å². The van der Waals surface area contributed by atoms with E-state index in [1.165, 1.54) is 23.2 Å². The normalized spacial score (nSPS) is 20.2. The number of nitrogens with zero attached hydrogens (tertiary/aromatic N) is 6. The molecule has 0 aliphatic carbocycles. The highest BCUT2D eigenvalue weighted by Crippen LogP contribution is 2.41. The van der Waals surface area contributed by atoms with Crippen molar-refractivity contribution in [3.05, 3.63) is 99.5 Å². The van der Waals surface area contributed by atoms with Gasteiger partial charge in [-0.05, 0) is 35.8 Å². The van der Waals surface area contributed by atoms with E-state index in [2.05, 4.69) is 21.5 Å². The number of anilines is 1. The first-order chi connectivity index (χ1) is 22.7. The molecule has 16 heteroatoms. The minimum Gasteiger partial charge on any atom is -0.543 e. The molecule has 0 unspecified atom stereocenters. The molecule has 0 spiro atoms. The Morgan fingerprint density at radius 1 is 1.21 bits per heavy atom. The number of carboxylic acid groups (broad SMARTS) is 1. The molecule has 14 nitrogen and oxygen atoms in total. The van der Waals surface area contributed by atoms with Gasteiger partial charge in [0, 0.05) is 47.5 Å². The summed E-state index contributed by atoms with van der Waals surface area (Å²) in [5.74, 6) is -3.20. The third-order valence-corrected chi connectivity index (χ3v) is 9.88. The van der Waals surface area contributed by atoms with E-state index in [4.69, 9.17) is 11.0 Å². The van der Waals surface area contributed by atoms with E-state index in [0.29, 0.717) is 37.2 Å². The fourth-order valence-electron chi connectivity index (χ4n) is 5.54. The predicted molar refractivity (Wildman–Crippen MR) is 167 cm³/mol. The molecule has 0 radical (unpaired) electrons. The quantitative estimate of drug-likeness (QED) is 0.0686. The number of nitrogens with two attached hydrogens (primary N) is 1. The fraction of sp³-hybridized carbons (Fsp3) is 0.226. The van der Waals surface area contributed by atoms with Crippen molar-refractivity contribution in [3.8, 4) is 6.07 Å². The van der Waals surface area contributed by atoms with E-state index in [1.54, 1.807) is 17.0 Å². The predicted octanol–water partition coefficient (Wildman–Crippen LogP) is -0.126. The number of aliphatic carboxylic acids is 1. The van der Waals surface area contributed by atoms with Gasteiger partial charge in [-0.15, -0.1) is 23.1 Å². The summed E-state index contributed by atoms with van der Waals surface area (Å²) < 4.78 is 1.99. The number of likely N-dealkylation sites (tertiary alicyclic amines) is 1. The Labute approximate surface area is 276 Å². The Balaban J connectivity index is 1.11. The molecule has 2 saturated heterocycles. The molecule has 1 aromatic carbocycles. The molecule has 0 bridgehead atoms. The van der Waals surface area contributed by atoms with E-state index >= 15 is 0 Å². The van der Waals surface area contributed by atoms with Crippen LogP contribution in [0.2, 0.25) is 0 Å². The molecule has 2 fully saturated rings. The van der Waals surface area contributed by atoms with Crippen LogP contribution in [0.25, 0.3) is 0 Å². The number of benzene rings is 1. The van der Waals surface area contributed by atoms with Crippen molar-refractivity contribution in [1.29, 1.82) is 5.26 Å². The number of amides is 3. The minimum absolute atomic E-state index is 0.0301. The highest BCUT2D eigenvalue weighted by molar-refractivity contribution is 8.00. The van der Waals surface area contributed by atoms with Crippen molar-refractivity contribution in [2.45, 2.75) is 30.9 Å². The minimum atomic E-state index is -1.57. The largest absolute Gasteiger partial charge is 0.543 e. The summed E-state index contributed by atoms with van der Waals surface area (Å²) in [6.45, 7) is 1.45. The highest BCUT2D eigenvalue weighted by atomic mass is 32.2. The highest BCUT2D eigenvalue weighted by Gasteiger charge is 2.53. The third-order valence-electron chi connectivity index (χ3n) is 7.90. The zero-order valence-corrected chi connectivity index (χ0v) is 26.2. The van der Waals surface area contributed by atoms with Crippen LogP contribution in [0.4, 0.5) is 5.13 Å². The van der Waals surface area contributed by atoms with Crippen LogP contribution in [-0.4, -0.2) is 73.1 Å². The fourth-order valence-corrected chi connectivity index (χ4v) is 7.39. The molecule has 2 aromatic heterocycles. The Morgan fingerprint density at radius 3 is 2.60 bits per heavy atom. The molecule has 3 aliphatic heterocycles. The summed E-state index contributed by atoms with van der Waals surface area (Å²) in [7, 11) is 0. The van der Waals surface area contributed by atoms with Crippen LogP contribution in [-0.2, 0) is 32.3 Å². The first kappa shape index (κ1) is 31.5.